The van der Waals surface area contributed by atoms with E-state index in [1.165, 1.54) is 0 Å². The van der Waals surface area contributed by atoms with Gasteiger partial charge in [-0.05, 0) is 20.8 Å². The molecule has 0 aromatic heterocycles. The second-order valence-corrected chi connectivity index (χ2v) is 3.42. The lowest BCUT2D eigenvalue weighted by Crippen LogP contribution is -2.01. The zero-order valence-electron chi connectivity index (χ0n) is 7.65. The van der Waals surface area contributed by atoms with E-state index < -0.39 is 5.83 Å². The molecule has 0 saturated heterocycles. The summed E-state index contributed by atoms with van der Waals surface area (Å²) in [6.07, 6.45) is 1.16. The lowest BCUT2D eigenvalue weighted by atomic mass is 9.98. The molecule has 0 aliphatic heterocycles. The van der Waals surface area contributed by atoms with Gasteiger partial charge in [0.25, 0.3) is 0 Å². The van der Waals surface area contributed by atoms with Gasteiger partial charge in [0.05, 0.1) is 0 Å². The highest BCUT2D eigenvalue weighted by Crippen LogP contribution is 2.09. The summed E-state index contributed by atoms with van der Waals surface area (Å²) in [6, 6.07) is 0. The van der Waals surface area contributed by atoms with Crippen molar-refractivity contribution in [2.45, 2.75) is 20.8 Å². The molecule has 0 aliphatic rings. The molecule has 0 spiro atoms. The van der Waals surface area contributed by atoms with Crippen LogP contribution in [0.1, 0.15) is 20.8 Å². The van der Waals surface area contributed by atoms with Crippen molar-refractivity contribution in [3.63, 3.8) is 0 Å². The maximum Gasteiger partial charge on any atom is 0.136 e. The molecule has 68 valence electrons. The van der Waals surface area contributed by atoms with Gasteiger partial charge in [-0.25, -0.2) is 10.3 Å². The lowest BCUT2D eigenvalue weighted by Gasteiger charge is -2.05. The number of halogens is 1. The summed E-state index contributed by atoms with van der Waals surface area (Å²) in [7, 11) is 0. The van der Waals surface area contributed by atoms with Gasteiger partial charge >= 0.3 is 0 Å². The number of hydrogen-bond donors (Lipinski definition) is 1. The molecule has 0 fully saturated rings. The molecule has 0 unspecified atom stereocenters. The van der Waals surface area contributed by atoms with Crippen molar-refractivity contribution in [2.24, 2.45) is 11.3 Å². The number of rotatable bonds is 2. The van der Waals surface area contributed by atoms with E-state index in [4.69, 9.17) is 0 Å². The molecule has 0 aromatic carbocycles. The standard InChI is InChI=1S/C9H14FNO/c1-9(2,3)6-4-5-8(10)7-12-11/h5H,7,11H2,1-3H3. The van der Waals surface area contributed by atoms with Crippen LogP contribution in [0.15, 0.2) is 11.9 Å². The molecule has 2 N–H and O–H groups in total. The molecule has 3 heteroatoms. The van der Waals surface area contributed by atoms with Gasteiger partial charge in [0, 0.05) is 11.5 Å². The van der Waals surface area contributed by atoms with Gasteiger partial charge in [0.15, 0.2) is 0 Å². The molecule has 2 nitrogen and oxygen atoms in total. The Morgan fingerprint density at radius 1 is 1.58 bits per heavy atom. The highest BCUT2D eigenvalue weighted by molar-refractivity contribution is 5.21. The van der Waals surface area contributed by atoms with Gasteiger partial charge in [-0.3, -0.25) is 4.84 Å². The van der Waals surface area contributed by atoms with Gasteiger partial charge in [-0.15, -0.1) is 0 Å². The minimum atomic E-state index is -0.464. The van der Waals surface area contributed by atoms with Crippen LogP contribution in [0.4, 0.5) is 4.39 Å². The Bertz CT molecular complexity index is 217. The quantitative estimate of drug-likeness (QED) is 0.507. The first-order chi connectivity index (χ1) is 5.45. The molecule has 0 radical (unpaired) electrons. The summed E-state index contributed by atoms with van der Waals surface area (Å²) in [5, 5.41) is 0. The summed E-state index contributed by atoms with van der Waals surface area (Å²) in [5.74, 6) is 9.63. The summed E-state index contributed by atoms with van der Waals surface area (Å²) < 4.78 is 12.5. The van der Waals surface area contributed by atoms with Crippen molar-refractivity contribution in [1.29, 1.82) is 0 Å². The Balaban J connectivity index is 4.08. The Morgan fingerprint density at radius 2 is 2.17 bits per heavy atom. The fourth-order valence-electron chi connectivity index (χ4n) is 0.452. The van der Waals surface area contributed by atoms with Crippen LogP contribution in [-0.2, 0) is 4.84 Å². The predicted octanol–water partition coefficient (Wildman–Crippen LogP) is 1.78. The third-order valence-electron chi connectivity index (χ3n) is 0.897. The molecular formula is C9H14FNO. The van der Waals surface area contributed by atoms with E-state index in [1.807, 2.05) is 20.8 Å². The van der Waals surface area contributed by atoms with Crippen molar-refractivity contribution in [3.8, 4) is 11.8 Å². The van der Waals surface area contributed by atoms with E-state index in [0.29, 0.717) is 0 Å². The third-order valence-corrected chi connectivity index (χ3v) is 0.897. The zero-order valence-corrected chi connectivity index (χ0v) is 7.65. The first kappa shape index (κ1) is 11.2. The second-order valence-electron chi connectivity index (χ2n) is 3.42. The maximum absolute atomic E-state index is 12.5. The Kier molecular flexibility index (Phi) is 4.57. The van der Waals surface area contributed by atoms with Crippen molar-refractivity contribution < 1.29 is 9.23 Å². The average Bonchev–Trinajstić information content (AvgIpc) is 1.84. The Morgan fingerprint density at radius 3 is 2.58 bits per heavy atom. The van der Waals surface area contributed by atoms with Gasteiger partial charge in [0.1, 0.15) is 12.4 Å². The van der Waals surface area contributed by atoms with E-state index >= 15 is 0 Å². The molecule has 0 bridgehead atoms. The normalized spacial score (nSPS) is 12.2. The molecule has 0 aliphatic carbocycles. The summed E-state index contributed by atoms with van der Waals surface area (Å²) in [6.45, 7) is 5.63. The van der Waals surface area contributed by atoms with E-state index in [0.717, 1.165) is 6.08 Å². The number of nitrogens with two attached hydrogens (primary N) is 1. The fourth-order valence-corrected chi connectivity index (χ4v) is 0.452. The first-order valence-electron chi connectivity index (χ1n) is 3.64. The third kappa shape index (κ3) is 7.26. The molecule has 0 heterocycles. The number of hydrogen-bond acceptors (Lipinski definition) is 2. The van der Waals surface area contributed by atoms with E-state index in [2.05, 4.69) is 22.6 Å². The minimum absolute atomic E-state index is 0.111. The van der Waals surface area contributed by atoms with Crippen LogP contribution in [0.25, 0.3) is 0 Å². The Labute approximate surface area is 72.5 Å². The topological polar surface area (TPSA) is 35.2 Å². The van der Waals surface area contributed by atoms with Crippen LogP contribution < -0.4 is 5.90 Å². The van der Waals surface area contributed by atoms with Crippen LogP contribution in [0, 0.1) is 17.3 Å². The second kappa shape index (κ2) is 4.91. The van der Waals surface area contributed by atoms with Gasteiger partial charge in [-0.1, -0.05) is 11.8 Å². The molecule has 0 amide bonds. The van der Waals surface area contributed by atoms with Crippen molar-refractivity contribution >= 4 is 0 Å². The largest absolute Gasteiger partial charge is 0.297 e. The lowest BCUT2D eigenvalue weighted by molar-refractivity contribution is 0.147. The maximum atomic E-state index is 12.5. The van der Waals surface area contributed by atoms with Crippen LogP contribution >= 0.6 is 0 Å². The molecule has 0 saturated carbocycles. The SMILES string of the molecule is CC(C)(C)C#CC=C(F)CON. The average molecular weight is 171 g/mol. The highest BCUT2D eigenvalue weighted by Gasteiger charge is 2.02. The predicted molar refractivity (Wildman–Crippen MR) is 46.6 cm³/mol. The van der Waals surface area contributed by atoms with Gasteiger partial charge in [0.2, 0.25) is 0 Å². The van der Waals surface area contributed by atoms with E-state index in [-0.39, 0.29) is 12.0 Å². The van der Waals surface area contributed by atoms with Gasteiger partial charge in [-0.2, -0.15) is 0 Å². The summed E-state index contributed by atoms with van der Waals surface area (Å²) >= 11 is 0. The zero-order chi connectivity index (χ0) is 9.61. The molecule has 12 heavy (non-hydrogen) atoms. The first-order valence-corrected chi connectivity index (χ1v) is 3.64. The van der Waals surface area contributed by atoms with Crippen LogP contribution in [-0.4, -0.2) is 6.61 Å². The molecule has 0 atom stereocenters. The minimum Gasteiger partial charge on any atom is -0.297 e. The highest BCUT2D eigenvalue weighted by atomic mass is 19.1. The van der Waals surface area contributed by atoms with E-state index in [1.54, 1.807) is 0 Å². The summed E-state index contributed by atoms with van der Waals surface area (Å²) in [4.78, 5) is 4.08. The number of allylic oxidation sites excluding steroid dienone is 1. The van der Waals surface area contributed by atoms with Crippen molar-refractivity contribution in [3.05, 3.63) is 11.9 Å². The monoisotopic (exact) mass is 171 g/mol. The van der Waals surface area contributed by atoms with E-state index in [9.17, 15) is 4.39 Å². The van der Waals surface area contributed by atoms with Gasteiger partial charge < -0.3 is 0 Å². The van der Waals surface area contributed by atoms with Crippen LogP contribution in [0.2, 0.25) is 0 Å². The van der Waals surface area contributed by atoms with Crippen molar-refractivity contribution in [1.82, 2.24) is 0 Å². The van der Waals surface area contributed by atoms with Crippen molar-refractivity contribution in [2.75, 3.05) is 6.61 Å². The smallest absolute Gasteiger partial charge is 0.136 e. The summed E-state index contributed by atoms with van der Waals surface area (Å²) in [5.41, 5.74) is -0.111. The molecule has 0 aromatic rings. The van der Waals surface area contributed by atoms with Crippen LogP contribution in [0.5, 0.6) is 0 Å². The van der Waals surface area contributed by atoms with Crippen LogP contribution in [0.3, 0.4) is 0 Å². The fraction of sp³-hybridized carbons (Fsp3) is 0.556. The molecule has 0 rings (SSSR count). The molecular weight excluding hydrogens is 157 g/mol. The Hall–Kier alpha value is -0.850.